The van der Waals surface area contributed by atoms with Crippen LogP contribution in [-0.2, 0) is 9.59 Å². The van der Waals surface area contributed by atoms with Gasteiger partial charge < -0.3 is 10.1 Å². The van der Waals surface area contributed by atoms with Crippen LogP contribution in [0.4, 0.5) is 0 Å². The number of hydrogen-bond acceptors (Lipinski definition) is 2. The van der Waals surface area contributed by atoms with E-state index in [0.717, 1.165) is 11.8 Å². The number of benzene rings is 1. The van der Waals surface area contributed by atoms with Crippen molar-refractivity contribution in [3.05, 3.63) is 35.9 Å². The Morgan fingerprint density at radius 1 is 1.38 bits per heavy atom. The Morgan fingerprint density at radius 3 is 2.46 bits per heavy atom. The van der Waals surface area contributed by atoms with E-state index in [2.05, 4.69) is 5.32 Å². The van der Waals surface area contributed by atoms with Crippen molar-refractivity contribution in [1.29, 1.82) is 0 Å². The zero-order chi connectivity index (χ0) is 9.68. The molecule has 1 aromatic carbocycles. The molecule has 0 fully saturated rings. The first-order valence-electron chi connectivity index (χ1n) is 4.01. The number of carbonyl (C=O) groups excluding carboxylic acids is 2. The summed E-state index contributed by atoms with van der Waals surface area (Å²) in [6, 6.07) is 8.59. The van der Waals surface area contributed by atoms with Crippen molar-refractivity contribution in [3.8, 4) is 0 Å². The van der Waals surface area contributed by atoms with Gasteiger partial charge in [0.1, 0.15) is 12.3 Å². The van der Waals surface area contributed by atoms with Gasteiger partial charge in [-0.25, -0.2) is 0 Å². The fraction of sp³-hybridized carbons (Fsp3) is 0.200. The molecule has 13 heavy (non-hydrogen) atoms. The Labute approximate surface area is 76.8 Å². The second-order valence-electron chi connectivity index (χ2n) is 2.72. The summed E-state index contributed by atoms with van der Waals surface area (Å²) in [4.78, 5) is 21.3. The van der Waals surface area contributed by atoms with Crippen molar-refractivity contribution in [1.82, 2.24) is 5.32 Å². The van der Waals surface area contributed by atoms with Crippen molar-refractivity contribution >= 4 is 12.2 Å². The molecule has 0 heterocycles. The highest BCUT2D eigenvalue weighted by Crippen LogP contribution is 2.08. The highest BCUT2D eigenvalue weighted by atomic mass is 16.2. The predicted octanol–water partition coefficient (Wildman–Crippen LogP) is 1.06. The van der Waals surface area contributed by atoms with Crippen LogP contribution in [-0.4, -0.2) is 12.2 Å². The van der Waals surface area contributed by atoms with Gasteiger partial charge in [-0.05, 0) is 5.56 Å². The fourth-order valence-corrected chi connectivity index (χ4v) is 1.08. The minimum absolute atomic E-state index is 0.207. The summed E-state index contributed by atoms with van der Waals surface area (Å²) < 4.78 is 0. The standard InChI is InChI=1S/C10H11NO2/c1-8(13)11-10(7-12)9-5-3-2-4-6-9/h2-7,10H,1H3,(H,11,13). The molecule has 0 aliphatic carbocycles. The molecule has 1 aromatic rings. The van der Waals surface area contributed by atoms with Gasteiger partial charge in [-0.15, -0.1) is 0 Å². The number of rotatable bonds is 3. The molecule has 0 radical (unpaired) electrons. The molecule has 3 heteroatoms. The number of aldehydes is 1. The van der Waals surface area contributed by atoms with Crippen LogP contribution in [0.5, 0.6) is 0 Å². The Morgan fingerprint density at radius 2 is 2.00 bits per heavy atom. The number of nitrogens with one attached hydrogen (secondary N) is 1. The van der Waals surface area contributed by atoms with E-state index in [9.17, 15) is 9.59 Å². The third kappa shape index (κ3) is 2.71. The van der Waals surface area contributed by atoms with Gasteiger partial charge in [0.05, 0.1) is 0 Å². The zero-order valence-electron chi connectivity index (χ0n) is 7.36. The summed E-state index contributed by atoms with van der Waals surface area (Å²) in [6.07, 6.45) is 0.719. The third-order valence-electron chi connectivity index (χ3n) is 1.65. The monoisotopic (exact) mass is 177 g/mol. The summed E-state index contributed by atoms with van der Waals surface area (Å²) in [7, 11) is 0. The van der Waals surface area contributed by atoms with Crippen LogP contribution < -0.4 is 5.32 Å². The van der Waals surface area contributed by atoms with Crippen molar-refractivity contribution in [2.45, 2.75) is 13.0 Å². The molecule has 1 rings (SSSR count). The van der Waals surface area contributed by atoms with Crippen molar-refractivity contribution < 1.29 is 9.59 Å². The SMILES string of the molecule is CC(=O)NC(C=O)c1ccccc1. The van der Waals surface area contributed by atoms with E-state index < -0.39 is 6.04 Å². The van der Waals surface area contributed by atoms with Crippen molar-refractivity contribution in [2.75, 3.05) is 0 Å². The molecule has 68 valence electrons. The quantitative estimate of drug-likeness (QED) is 0.702. The van der Waals surface area contributed by atoms with Crippen LogP contribution in [0, 0.1) is 0 Å². The molecule has 1 N–H and O–H groups in total. The van der Waals surface area contributed by atoms with E-state index in [1.54, 1.807) is 12.1 Å². The van der Waals surface area contributed by atoms with Crippen LogP contribution in [0.3, 0.4) is 0 Å². The Hall–Kier alpha value is -1.64. The average Bonchev–Trinajstić information content (AvgIpc) is 2.15. The molecule has 3 nitrogen and oxygen atoms in total. The Bertz CT molecular complexity index is 295. The van der Waals surface area contributed by atoms with E-state index in [0.29, 0.717) is 0 Å². The van der Waals surface area contributed by atoms with Gasteiger partial charge in [0.2, 0.25) is 5.91 Å². The normalized spacial score (nSPS) is 11.8. The van der Waals surface area contributed by atoms with Gasteiger partial charge >= 0.3 is 0 Å². The van der Waals surface area contributed by atoms with E-state index >= 15 is 0 Å². The van der Waals surface area contributed by atoms with Crippen molar-refractivity contribution in [3.63, 3.8) is 0 Å². The summed E-state index contributed by atoms with van der Waals surface area (Å²) in [5.74, 6) is -0.207. The van der Waals surface area contributed by atoms with Gasteiger partial charge in [0.15, 0.2) is 0 Å². The molecule has 0 aliphatic rings. The molecule has 0 bridgehead atoms. The second kappa shape index (κ2) is 4.40. The molecular weight excluding hydrogens is 166 g/mol. The lowest BCUT2D eigenvalue weighted by Crippen LogP contribution is -2.26. The van der Waals surface area contributed by atoms with E-state index in [1.165, 1.54) is 6.92 Å². The number of hydrogen-bond donors (Lipinski definition) is 1. The lowest BCUT2D eigenvalue weighted by atomic mass is 10.1. The maximum atomic E-state index is 10.7. The summed E-state index contributed by atoms with van der Waals surface area (Å²) in [6.45, 7) is 1.39. The van der Waals surface area contributed by atoms with Gasteiger partial charge in [-0.3, -0.25) is 4.79 Å². The number of carbonyl (C=O) groups is 2. The van der Waals surface area contributed by atoms with E-state index in [-0.39, 0.29) is 5.91 Å². The lowest BCUT2D eigenvalue weighted by Gasteiger charge is -2.10. The van der Waals surface area contributed by atoms with E-state index in [1.807, 2.05) is 18.2 Å². The van der Waals surface area contributed by atoms with Crippen LogP contribution in [0.2, 0.25) is 0 Å². The smallest absolute Gasteiger partial charge is 0.217 e. The molecule has 0 saturated heterocycles. The molecular formula is C10H11NO2. The topological polar surface area (TPSA) is 46.2 Å². The molecule has 1 amide bonds. The molecule has 0 saturated carbocycles. The fourth-order valence-electron chi connectivity index (χ4n) is 1.08. The number of amides is 1. The van der Waals surface area contributed by atoms with Gasteiger partial charge in [0, 0.05) is 6.92 Å². The maximum Gasteiger partial charge on any atom is 0.217 e. The highest BCUT2D eigenvalue weighted by molar-refractivity contribution is 5.78. The molecule has 0 aromatic heterocycles. The molecule has 0 spiro atoms. The largest absolute Gasteiger partial charge is 0.343 e. The first-order chi connectivity index (χ1) is 6.24. The maximum absolute atomic E-state index is 10.7. The lowest BCUT2D eigenvalue weighted by molar-refractivity contribution is -0.122. The summed E-state index contributed by atoms with van der Waals surface area (Å²) in [5, 5.41) is 2.54. The highest BCUT2D eigenvalue weighted by Gasteiger charge is 2.09. The first kappa shape index (κ1) is 9.45. The van der Waals surface area contributed by atoms with Crippen LogP contribution in [0.25, 0.3) is 0 Å². The minimum atomic E-state index is -0.529. The first-order valence-corrected chi connectivity index (χ1v) is 4.01. The third-order valence-corrected chi connectivity index (χ3v) is 1.65. The van der Waals surface area contributed by atoms with Crippen molar-refractivity contribution in [2.24, 2.45) is 0 Å². The van der Waals surface area contributed by atoms with Gasteiger partial charge in [-0.1, -0.05) is 30.3 Å². The van der Waals surface area contributed by atoms with Crippen LogP contribution in [0.15, 0.2) is 30.3 Å². The van der Waals surface area contributed by atoms with Gasteiger partial charge in [0.25, 0.3) is 0 Å². The second-order valence-corrected chi connectivity index (χ2v) is 2.72. The minimum Gasteiger partial charge on any atom is -0.343 e. The zero-order valence-corrected chi connectivity index (χ0v) is 7.36. The van der Waals surface area contributed by atoms with Crippen LogP contribution >= 0.6 is 0 Å². The summed E-state index contributed by atoms with van der Waals surface area (Å²) >= 11 is 0. The van der Waals surface area contributed by atoms with E-state index in [4.69, 9.17) is 0 Å². The predicted molar refractivity (Wildman–Crippen MR) is 49.1 cm³/mol. The Kier molecular flexibility index (Phi) is 3.20. The molecule has 0 aliphatic heterocycles. The van der Waals surface area contributed by atoms with Crippen LogP contribution in [0.1, 0.15) is 18.5 Å². The Balaban J connectivity index is 2.78. The average molecular weight is 177 g/mol. The van der Waals surface area contributed by atoms with Gasteiger partial charge in [-0.2, -0.15) is 0 Å². The molecule has 1 atom stereocenters. The molecule has 1 unspecified atom stereocenters. The summed E-state index contributed by atoms with van der Waals surface area (Å²) in [5.41, 5.74) is 0.799.